The predicted molar refractivity (Wildman–Crippen MR) is 113 cm³/mol. The van der Waals surface area contributed by atoms with Gasteiger partial charge in [0.05, 0.1) is 0 Å². The quantitative estimate of drug-likeness (QED) is 0.590. The minimum absolute atomic E-state index is 0.249. The predicted octanol–water partition coefficient (Wildman–Crippen LogP) is 4.51. The van der Waals surface area contributed by atoms with E-state index in [-0.39, 0.29) is 5.91 Å². The zero-order chi connectivity index (χ0) is 21.1. The maximum absolute atomic E-state index is 13.2. The van der Waals surface area contributed by atoms with E-state index in [1.165, 1.54) is 0 Å². The molecular formula is C25H23NO4. The second kappa shape index (κ2) is 8.41. The SMILES string of the molecule is C[C@@H](OC(=O)C1c2ccccc2Oc2ccccc21)C(=O)N(C)Cc1ccccc1. The summed E-state index contributed by atoms with van der Waals surface area (Å²) in [6.45, 7) is 2.06. The first kappa shape index (κ1) is 19.7. The van der Waals surface area contributed by atoms with E-state index in [1.807, 2.05) is 78.9 Å². The van der Waals surface area contributed by atoms with Crippen molar-refractivity contribution < 1.29 is 19.1 Å². The molecule has 1 aliphatic rings. The summed E-state index contributed by atoms with van der Waals surface area (Å²) in [7, 11) is 1.71. The molecule has 1 aliphatic heterocycles. The number of ether oxygens (including phenoxy) is 2. The van der Waals surface area contributed by atoms with Crippen LogP contribution in [0, 0.1) is 0 Å². The first-order chi connectivity index (χ1) is 14.5. The van der Waals surface area contributed by atoms with Crippen LogP contribution in [0.15, 0.2) is 78.9 Å². The van der Waals surface area contributed by atoms with Gasteiger partial charge in [0.25, 0.3) is 5.91 Å². The van der Waals surface area contributed by atoms with Gasteiger partial charge in [-0.2, -0.15) is 0 Å². The van der Waals surface area contributed by atoms with E-state index in [9.17, 15) is 9.59 Å². The number of rotatable bonds is 5. The van der Waals surface area contributed by atoms with Crippen molar-refractivity contribution in [2.24, 2.45) is 0 Å². The standard InChI is InChI=1S/C25H23NO4/c1-17(24(27)26(2)16-18-10-4-3-5-11-18)29-25(28)23-19-12-6-8-14-21(19)30-22-15-9-7-13-20(22)23/h3-15,17,23H,16H2,1-2H3/t17-/m1/s1. The highest BCUT2D eigenvalue weighted by atomic mass is 16.5. The fourth-order valence-electron chi connectivity index (χ4n) is 3.70. The molecule has 0 spiro atoms. The lowest BCUT2D eigenvalue weighted by Crippen LogP contribution is -2.38. The minimum Gasteiger partial charge on any atom is -0.457 e. The van der Waals surface area contributed by atoms with E-state index in [0.717, 1.165) is 16.7 Å². The lowest BCUT2D eigenvalue weighted by atomic mass is 9.88. The van der Waals surface area contributed by atoms with Crippen LogP contribution in [0.3, 0.4) is 0 Å². The van der Waals surface area contributed by atoms with Gasteiger partial charge in [-0.25, -0.2) is 0 Å². The van der Waals surface area contributed by atoms with Gasteiger partial charge in [-0.05, 0) is 24.6 Å². The average Bonchev–Trinajstić information content (AvgIpc) is 2.77. The van der Waals surface area contributed by atoms with Crippen LogP contribution in [0.5, 0.6) is 11.5 Å². The summed E-state index contributed by atoms with van der Waals surface area (Å²) >= 11 is 0. The molecule has 0 radical (unpaired) electrons. The number of nitrogens with zero attached hydrogens (tertiary/aromatic N) is 1. The summed E-state index contributed by atoms with van der Waals surface area (Å²) in [5.74, 6) is -0.106. The summed E-state index contributed by atoms with van der Waals surface area (Å²) < 4.78 is 11.6. The van der Waals surface area contributed by atoms with Crippen molar-refractivity contribution in [3.05, 3.63) is 95.6 Å². The Balaban J connectivity index is 1.52. The van der Waals surface area contributed by atoms with Crippen molar-refractivity contribution in [3.63, 3.8) is 0 Å². The van der Waals surface area contributed by atoms with Crippen molar-refractivity contribution in [2.75, 3.05) is 7.05 Å². The van der Waals surface area contributed by atoms with Gasteiger partial charge >= 0.3 is 5.97 Å². The van der Waals surface area contributed by atoms with Gasteiger partial charge in [-0.1, -0.05) is 66.7 Å². The summed E-state index contributed by atoms with van der Waals surface area (Å²) in [6.07, 6.45) is -0.895. The molecule has 5 heteroatoms. The van der Waals surface area contributed by atoms with E-state index in [1.54, 1.807) is 18.9 Å². The Kier molecular flexibility index (Phi) is 5.53. The van der Waals surface area contributed by atoms with Gasteiger partial charge in [0, 0.05) is 24.7 Å². The fraction of sp³-hybridized carbons (Fsp3) is 0.200. The van der Waals surface area contributed by atoms with Gasteiger partial charge < -0.3 is 14.4 Å². The summed E-state index contributed by atoms with van der Waals surface area (Å²) in [4.78, 5) is 27.5. The van der Waals surface area contributed by atoms with E-state index in [4.69, 9.17) is 9.47 Å². The van der Waals surface area contributed by atoms with Crippen LogP contribution in [0.2, 0.25) is 0 Å². The van der Waals surface area contributed by atoms with Gasteiger partial charge in [-0.15, -0.1) is 0 Å². The molecule has 0 fully saturated rings. The van der Waals surface area contributed by atoms with Crippen molar-refractivity contribution in [1.82, 2.24) is 4.90 Å². The molecule has 1 amide bonds. The molecule has 0 saturated heterocycles. The Bertz CT molecular complexity index is 1020. The Morgan fingerprint density at radius 3 is 2.03 bits per heavy atom. The number of carbonyl (C=O) groups is 2. The van der Waals surface area contributed by atoms with Crippen LogP contribution in [-0.2, 0) is 20.9 Å². The molecule has 0 saturated carbocycles. The smallest absolute Gasteiger partial charge is 0.318 e. The first-order valence-corrected chi connectivity index (χ1v) is 9.89. The maximum Gasteiger partial charge on any atom is 0.318 e. The third-order valence-corrected chi connectivity index (χ3v) is 5.20. The molecule has 0 bridgehead atoms. The van der Waals surface area contributed by atoms with Crippen molar-refractivity contribution in [2.45, 2.75) is 25.5 Å². The summed E-state index contributed by atoms with van der Waals surface area (Å²) in [6, 6.07) is 24.5. The number of carbonyl (C=O) groups excluding carboxylic acids is 2. The van der Waals surface area contributed by atoms with Crippen LogP contribution in [0.4, 0.5) is 0 Å². The molecule has 5 nitrogen and oxygen atoms in total. The number of hydrogen-bond acceptors (Lipinski definition) is 4. The molecule has 0 N–H and O–H groups in total. The van der Waals surface area contributed by atoms with Gasteiger partial charge in [0.1, 0.15) is 17.4 Å². The molecule has 4 rings (SSSR count). The largest absolute Gasteiger partial charge is 0.457 e. The molecular weight excluding hydrogens is 378 g/mol. The summed E-state index contributed by atoms with van der Waals surface area (Å²) in [5, 5.41) is 0. The number of para-hydroxylation sites is 2. The number of amides is 1. The minimum atomic E-state index is -0.895. The highest BCUT2D eigenvalue weighted by Gasteiger charge is 2.35. The van der Waals surface area contributed by atoms with Crippen LogP contribution >= 0.6 is 0 Å². The van der Waals surface area contributed by atoms with E-state index < -0.39 is 18.0 Å². The highest BCUT2D eigenvalue weighted by Crippen LogP contribution is 2.44. The Morgan fingerprint density at radius 1 is 0.900 bits per heavy atom. The second-order valence-electron chi connectivity index (χ2n) is 7.37. The van der Waals surface area contributed by atoms with E-state index in [2.05, 4.69) is 0 Å². The van der Waals surface area contributed by atoms with Crippen molar-refractivity contribution in [1.29, 1.82) is 0 Å². The molecule has 3 aromatic rings. The number of esters is 1. The zero-order valence-electron chi connectivity index (χ0n) is 16.9. The van der Waals surface area contributed by atoms with Crippen LogP contribution in [0.1, 0.15) is 29.5 Å². The number of benzene rings is 3. The maximum atomic E-state index is 13.2. The molecule has 152 valence electrons. The summed E-state index contributed by atoms with van der Waals surface area (Å²) in [5.41, 5.74) is 2.48. The molecule has 30 heavy (non-hydrogen) atoms. The third-order valence-electron chi connectivity index (χ3n) is 5.20. The van der Waals surface area contributed by atoms with Crippen LogP contribution in [-0.4, -0.2) is 29.9 Å². The number of hydrogen-bond donors (Lipinski definition) is 0. The zero-order valence-corrected chi connectivity index (χ0v) is 16.9. The van der Waals surface area contributed by atoms with Crippen molar-refractivity contribution >= 4 is 11.9 Å². The fourth-order valence-corrected chi connectivity index (χ4v) is 3.70. The lowest BCUT2D eigenvalue weighted by Gasteiger charge is -2.28. The van der Waals surface area contributed by atoms with Gasteiger partial charge in [0.2, 0.25) is 0 Å². The normalized spacial score (nSPS) is 13.4. The van der Waals surface area contributed by atoms with Crippen LogP contribution < -0.4 is 4.74 Å². The molecule has 3 aromatic carbocycles. The second-order valence-corrected chi connectivity index (χ2v) is 7.37. The van der Waals surface area contributed by atoms with E-state index in [0.29, 0.717) is 18.0 Å². The molecule has 1 heterocycles. The Labute approximate surface area is 175 Å². The number of fused-ring (bicyclic) bond motifs is 2. The Hall–Kier alpha value is -3.60. The molecule has 0 aromatic heterocycles. The molecule has 1 atom stereocenters. The molecule has 0 aliphatic carbocycles. The topological polar surface area (TPSA) is 55.8 Å². The van der Waals surface area contributed by atoms with Crippen molar-refractivity contribution in [3.8, 4) is 11.5 Å². The monoisotopic (exact) mass is 401 g/mol. The Morgan fingerprint density at radius 2 is 1.43 bits per heavy atom. The van der Waals surface area contributed by atoms with Crippen LogP contribution in [0.25, 0.3) is 0 Å². The average molecular weight is 401 g/mol. The lowest BCUT2D eigenvalue weighted by molar-refractivity contribution is -0.159. The number of likely N-dealkylation sites (N-methyl/N-ethyl adjacent to an activating group) is 1. The molecule has 0 unspecified atom stereocenters. The third kappa shape index (κ3) is 3.92. The van der Waals surface area contributed by atoms with E-state index >= 15 is 0 Å². The van der Waals surface area contributed by atoms with Gasteiger partial charge in [0.15, 0.2) is 6.10 Å². The highest BCUT2D eigenvalue weighted by molar-refractivity contribution is 5.89. The van der Waals surface area contributed by atoms with Gasteiger partial charge in [-0.3, -0.25) is 9.59 Å². The first-order valence-electron chi connectivity index (χ1n) is 9.89.